The summed E-state index contributed by atoms with van der Waals surface area (Å²) in [6.07, 6.45) is 20.5. The van der Waals surface area contributed by atoms with Crippen molar-refractivity contribution < 1.29 is 14.6 Å². The van der Waals surface area contributed by atoms with Gasteiger partial charge in [-0.25, -0.2) is 4.79 Å². The van der Waals surface area contributed by atoms with Crippen LogP contribution in [0.15, 0.2) is 53.7 Å². The van der Waals surface area contributed by atoms with Gasteiger partial charge in [0.05, 0.1) is 6.61 Å². The second-order valence-corrected chi connectivity index (χ2v) is 7.92. The number of carboxylic acids is 1. The Morgan fingerprint density at radius 2 is 1.68 bits per heavy atom. The van der Waals surface area contributed by atoms with Crippen molar-refractivity contribution in [1.82, 2.24) is 0 Å². The van der Waals surface area contributed by atoms with Gasteiger partial charge in [0.2, 0.25) is 0 Å². The largest absolute Gasteiger partial charge is 0.484 e. The SMILES string of the molecule is CCCCCCCCCOc1ccc(C=CC=CC=CC(C)=C(C)C(=O)O)s1. The summed E-state index contributed by atoms with van der Waals surface area (Å²) in [6, 6.07) is 4.09. The molecule has 0 spiro atoms. The molecule has 1 rings (SSSR count). The van der Waals surface area contributed by atoms with Crippen molar-refractivity contribution in [3.05, 3.63) is 58.5 Å². The number of rotatable bonds is 14. The lowest BCUT2D eigenvalue weighted by Gasteiger charge is -2.03. The lowest BCUT2D eigenvalue weighted by atomic mass is 10.1. The van der Waals surface area contributed by atoms with Gasteiger partial charge in [0.15, 0.2) is 5.06 Å². The second-order valence-electron chi connectivity index (χ2n) is 6.84. The molecule has 0 unspecified atom stereocenters. The predicted octanol–water partition coefficient (Wildman–Crippen LogP) is 7.42. The van der Waals surface area contributed by atoms with E-state index in [2.05, 4.69) is 13.0 Å². The Hall–Kier alpha value is -2.07. The highest BCUT2D eigenvalue weighted by atomic mass is 32.1. The van der Waals surface area contributed by atoms with Crippen LogP contribution in [0.1, 0.15) is 70.6 Å². The van der Waals surface area contributed by atoms with Crippen LogP contribution in [0.25, 0.3) is 6.08 Å². The molecule has 1 N–H and O–H groups in total. The number of carboxylic acid groups (broad SMARTS) is 1. The molecular formula is C24H34O3S. The molecule has 0 bridgehead atoms. The van der Waals surface area contributed by atoms with Crippen molar-refractivity contribution >= 4 is 23.4 Å². The van der Waals surface area contributed by atoms with Crippen molar-refractivity contribution in [1.29, 1.82) is 0 Å². The zero-order valence-electron chi connectivity index (χ0n) is 17.4. The van der Waals surface area contributed by atoms with Crippen molar-refractivity contribution in [2.45, 2.75) is 65.7 Å². The van der Waals surface area contributed by atoms with Crippen LogP contribution in [-0.2, 0) is 4.79 Å². The van der Waals surface area contributed by atoms with Crippen LogP contribution in [-0.4, -0.2) is 17.7 Å². The summed E-state index contributed by atoms with van der Waals surface area (Å²) < 4.78 is 5.83. The Kier molecular flexibility index (Phi) is 12.8. The molecule has 0 fully saturated rings. The number of ether oxygens (including phenoxy) is 1. The number of allylic oxidation sites excluding steroid dienone is 6. The van der Waals surface area contributed by atoms with Crippen LogP contribution in [0.2, 0.25) is 0 Å². The van der Waals surface area contributed by atoms with Gasteiger partial charge in [0.1, 0.15) is 0 Å². The number of carbonyl (C=O) groups is 1. The fourth-order valence-corrected chi connectivity index (χ4v) is 3.30. The molecule has 0 saturated carbocycles. The molecule has 28 heavy (non-hydrogen) atoms. The average Bonchev–Trinajstić information content (AvgIpc) is 3.13. The quantitative estimate of drug-likeness (QED) is 0.200. The van der Waals surface area contributed by atoms with Crippen molar-refractivity contribution in [2.75, 3.05) is 6.61 Å². The van der Waals surface area contributed by atoms with E-state index in [1.165, 1.54) is 38.5 Å². The number of hydrogen-bond donors (Lipinski definition) is 1. The Morgan fingerprint density at radius 3 is 2.39 bits per heavy atom. The van der Waals surface area contributed by atoms with E-state index in [1.54, 1.807) is 31.3 Å². The van der Waals surface area contributed by atoms with Crippen LogP contribution in [0.5, 0.6) is 5.06 Å². The fourth-order valence-electron chi connectivity index (χ4n) is 2.51. The molecule has 154 valence electrons. The van der Waals surface area contributed by atoms with Crippen LogP contribution in [0.4, 0.5) is 0 Å². The zero-order valence-corrected chi connectivity index (χ0v) is 18.3. The van der Waals surface area contributed by atoms with Crippen LogP contribution in [0.3, 0.4) is 0 Å². The monoisotopic (exact) mass is 402 g/mol. The van der Waals surface area contributed by atoms with Gasteiger partial charge in [-0.1, -0.05) is 87.2 Å². The Labute approximate surface area is 174 Å². The lowest BCUT2D eigenvalue weighted by molar-refractivity contribution is -0.132. The summed E-state index contributed by atoms with van der Waals surface area (Å²) >= 11 is 1.65. The topological polar surface area (TPSA) is 46.5 Å². The summed E-state index contributed by atoms with van der Waals surface area (Å²) in [5, 5.41) is 9.88. The molecule has 0 atom stereocenters. The van der Waals surface area contributed by atoms with E-state index >= 15 is 0 Å². The molecular weight excluding hydrogens is 368 g/mol. The molecule has 3 nitrogen and oxygen atoms in total. The highest BCUT2D eigenvalue weighted by Crippen LogP contribution is 2.25. The van der Waals surface area contributed by atoms with E-state index in [4.69, 9.17) is 9.84 Å². The van der Waals surface area contributed by atoms with E-state index in [9.17, 15) is 4.79 Å². The third kappa shape index (κ3) is 10.9. The van der Waals surface area contributed by atoms with Gasteiger partial charge in [-0.15, -0.1) is 0 Å². The van der Waals surface area contributed by atoms with Crippen molar-refractivity contribution in [3.8, 4) is 5.06 Å². The number of hydrogen-bond acceptors (Lipinski definition) is 3. The maximum atomic E-state index is 10.9. The first-order valence-electron chi connectivity index (χ1n) is 10.2. The summed E-state index contributed by atoms with van der Waals surface area (Å²) in [5.74, 6) is -0.881. The van der Waals surface area contributed by atoms with Crippen molar-refractivity contribution in [3.63, 3.8) is 0 Å². The van der Waals surface area contributed by atoms with E-state index in [1.807, 2.05) is 36.4 Å². The van der Waals surface area contributed by atoms with Crippen LogP contribution >= 0.6 is 11.3 Å². The Morgan fingerprint density at radius 1 is 1.00 bits per heavy atom. The molecule has 0 saturated heterocycles. The maximum Gasteiger partial charge on any atom is 0.331 e. The highest BCUT2D eigenvalue weighted by Gasteiger charge is 2.01. The number of unbranched alkanes of at least 4 members (excludes halogenated alkanes) is 6. The first kappa shape index (κ1) is 24.0. The minimum Gasteiger partial charge on any atom is -0.484 e. The number of thiophene rings is 1. The molecule has 0 aliphatic rings. The summed E-state index contributed by atoms with van der Waals surface area (Å²) in [5.41, 5.74) is 1.12. The smallest absolute Gasteiger partial charge is 0.331 e. The molecule has 1 aromatic heterocycles. The standard InChI is InChI=1S/C24H34O3S/c1-4-5-6-7-8-11-14-19-27-23-18-17-22(28-23)16-13-10-9-12-15-20(2)21(3)24(25)26/h9-10,12-13,15-18H,4-8,11,14,19H2,1-3H3,(H,25,26). The molecule has 0 aliphatic carbocycles. The predicted molar refractivity (Wildman–Crippen MR) is 121 cm³/mol. The molecule has 0 aromatic carbocycles. The summed E-state index contributed by atoms with van der Waals surface area (Å²) in [6.45, 7) is 6.44. The summed E-state index contributed by atoms with van der Waals surface area (Å²) in [4.78, 5) is 12.0. The van der Waals surface area contributed by atoms with Gasteiger partial charge in [-0.2, -0.15) is 0 Å². The third-order valence-electron chi connectivity index (χ3n) is 4.45. The molecule has 4 heteroatoms. The van der Waals surface area contributed by atoms with Crippen LogP contribution < -0.4 is 4.74 Å². The minimum absolute atomic E-state index is 0.364. The Bertz CT molecular complexity index is 692. The molecule has 1 aromatic rings. The van der Waals surface area contributed by atoms with Gasteiger partial charge in [-0.3, -0.25) is 0 Å². The van der Waals surface area contributed by atoms with Gasteiger partial charge >= 0.3 is 5.97 Å². The van der Waals surface area contributed by atoms with Gasteiger partial charge in [0.25, 0.3) is 0 Å². The van der Waals surface area contributed by atoms with Crippen molar-refractivity contribution in [2.24, 2.45) is 0 Å². The molecule has 0 radical (unpaired) electrons. The summed E-state index contributed by atoms with van der Waals surface area (Å²) in [7, 11) is 0. The lowest BCUT2D eigenvalue weighted by Crippen LogP contribution is -1.97. The first-order chi connectivity index (χ1) is 13.5. The third-order valence-corrected chi connectivity index (χ3v) is 5.41. The first-order valence-corrected chi connectivity index (χ1v) is 11.0. The van der Waals surface area contributed by atoms with E-state index in [0.29, 0.717) is 5.57 Å². The van der Waals surface area contributed by atoms with E-state index in [-0.39, 0.29) is 0 Å². The number of aliphatic carboxylic acids is 1. The zero-order chi connectivity index (χ0) is 20.6. The minimum atomic E-state index is -0.881. The molecule has 0 aliphatic heterocycles. The van der Waals surface area contributed by atoms with E-state index in [0.717, 1.165) is 28.5 Å². The van der Waals surface area contributed by atoms with Gasteiger partial charge in [-0.05, 0) is 44.1 Å². The average molecular weight is 403 g/mol. The molecule has 0 amide bonds. The Balaban J connectivity index is 2.27. The fraction of sp³-hybridized carbons (Fsp3) is 0.458. The highest BCUT2D eigenvalue weighted by molar-refractivity contribution is 7.14. The van der Waals surface area contributed by atoms with Gasteiger partial charge < -0.3 is 9.84 Å². The van der Waals surface area contributed by atoms with Gasteiger partial charge in [0, 0.05) is 10.5 Å². The second kappa shape index (κ2) is 14.9. The van der Waals surface area contributed by atoms with Crippen LogP contribution in [0, 0.1) is 0 Å². The molecule has 1 heterocycles. The maximum absolute atomic E-state index is 10.9. The van der Waals surface area contributed by atoms with E-state index < -0.39 is 5.97 Å². The normalized spacial score (nSPS) is 13.0.